The van der Waals surface area contributed by atoms with E-state index >= 15 is 0 Å². The van der Waals surface area contributed by atoms with Gasteiger partial charge in [0.05, 0.1) is 5.41 Å². The molecule has 0 unspecified atom stereocenters. The molecule has 0 spiro atoms. The summed E-state index contributed by atoms with van der Waals surface area (Å²) in [7, 11) is 0. The number of allylic oxidation sites excluding steroid dienone is 1. The number of rotatable bonds is 2. The Bertz CT molecular complexity index is 175. The molecular formula is C10H18O2. The molecule has 0 aromatic rings. The maximum atomic E-state index is 11.3. The lowest BCUT2D eigenvalue weighted by Gasteiger charge is -2.18. The smallest absolute Gasteiger partial charge is 0.311 e. The van der Waals surface area contributed by atoms with Crippen molar-refractivity contribution in [1.82, 2.24) is 0 Å². The van der Waals surface area contributed by atoms with Crippen molar-refractivity contribution >= 4 is 5.97 Å². The zero-order valence-corrected chi connectivity index (χ0v) is 8.55. The molecule has 0 saturated heterocycles. The molecule has 70 valence electrons. The number of ether oxygens (including phenoxy) is 1. The summed E-state index contributed by atoms with van der Waals surface area (Å²) in [5.41, 5.74) is -0.407. The zero-order valence-electron chi connectivity index (χ0n) is 8.55. The summed E-state index contributed by atoms with van der Waals surface area (Å²) in [4.78, 5) is 11.3. The normalized spacial score (nSPS) is 14.8. The molecule has 0 rings (SSSR count). The van der Waals surface area contributed by atoms with Crippen molar-refractivity contribution in [1.29, 1.82) is 0 Å². The van der Waals surface area contributed by atoms with Crippen LogP contribution in [0.4, 0.5) is 0 Å². The third-order valence-electron chi connectivity index (χ3n) is 1.37. The SMILES string of the molecule is C/C=C/[C@H](C)OC(=O)C(C)(C)C. The highest BCUT2D eigenvalue weighted by Crippen LogP contribution is 2.16. The Balaban J connectivity index is 4.02. The van der Waals surface area contributed by atoms with E-state index in [1.165, 1.54) is 0 Å². The van der Waals surface area contributed by atoms with Crippen molar-refractivity contribution < 1.29 is 9.53 Å². The highest BCUT2D eigenvalue weighted by molar-refractivity contribution is 5.75. The molecule has 0 aromatic heterocycles. The first kappa shape index (κ1) is 11.2. The number of hydrogen-bond donors (Lipinski definition) is 0. The average molecular weight is 170 g/mol. The second kappa shape index (κ2) is 4.29. The third-order valence-corrected chi connectivity index (χ3v) is 1.37. The molecule has 0 saturated carbocycles. The number of esters is 1. The fourth-order valence-electron chi connectivity index (χ4n) is 0.656. The van der Waals surface area contributed by atoms with Gasteiger partial charge in [-0.1, -0.05) is 6.08 Å². The molecule has 0 fully saturated rings. The summed E-state index contributed by atoms with van der Waals surface area (Å²) >= 11 is 0. The lowest BCUT2D eigenvalue weighted by atomic mass is 9.97. The Morgan fingerprint density at radius 1 is 1.42 bits per heavy atom. The van der Waals surface area contributed by atoms with E-state index in [1.807, 2.05) is 46.8 Å². The van der Waals surface area contributed by atoms with Crippen LogP contribution < -0.4 is 0 Å². The first-order valence-electron chi connectivity index (χ1n) is 4.22. The van der Waals surface area contributed by atoms with Crippen LogP contribution in [0, 0.1) is 5.41 Å². The predicted molar refractivity (Wildman–Crippen MR) is 49.8 cm³/mol. The molecule has 0 amide bonds. The molecule has 0 heterocycles. The van der Waals surface area contributed by atoms with E-state index in [1.54, 1.807) is 0 Å². The van der Waals surface area contributed by atoms with Crippen LogP contribution >= 0.6 is 0 Å². The van der Waals surface area contributed by atoms with Gasteiger partial charge in [0, 0.05) is 0 Å². The van der Waals surface area contributed by atoms with E-state index in [9.17, 15) is 4.79 Å². The van der Waals surface area contributed by atoms with Crippen molar-refractivity contribution in [3.05, 3.63) is 12.2 Å². The van der Waals surface area contributed by atoms with Crippen LogP contribution in [0.15, 0.2) is 12.2 Å². The lowest BCUT2D eigenvalue weighted by molar-refractivity contribution is -0.155. The second-order valence-electron chi connectivity index (χ2n) is 3.89. The minimum Gasteiger partial charge on any atom is -0.458 e. The van der Waals surface area contributed by atoms with E-state index < -0.39 is 5.41 Å². The van der Waals surface area contributed by atoms with E-state index in [0.29, 0.717) is 0 Å². The molecule has 2 heteroatoms. The van der Waals surface area contributed by atoms with Crippen LogP contribution in [-0.4, -0.2) is 12.1 Å². The van der Waals surface area contributed by atoms with Crippen molar-refractivity contribution in [3.8, 4) is 0 Å². The van der Waals surface area contributed by atoms with Crippen LogP contribution in [0.1, 0.15) is 34.6 Å². The molecule has 0 aliphatic carbocycles. The maximum absolute atomic E-state index is 11.3. The second-order valence-corrected chi connectivity index (χ2v) is 3.89. The van der Waals surface area contributed by atoms with E-state index in [0.717, 1.165) is 0 Å². The van der Waals surface area contributed by atoms with Gasteiger partial charge in [-0.2, -0.15) is 0 Å². The number of hydrogen-bond acceptors (Lipinski definition) is 2. The Labute approximate surface area is 74.6 Å². The maximum Gasteiger partial charge on any atom is 0.311 e. The van der Waals surface area contributed by atoms with E-state index in [2.05, 4.69) is 0 Å². The van der Waals surface area contributed by atoms with Crippen molar-refractivity contribution in [2.24, 2.45) is 5.41 Å². The summed E-state index contributed by atoms with van der Waals surface area (Å²) in [6, 6.07) is 0. The van der Waals surface area contributed by atoms with Crippen molar-refractivity contribution in [2.45, 2.75) is 40.7 Å². The molecular weight excluding hydrogens is 152 g/mol. The van der Waals surface area contributed by atoms with Crippen LogP contribution in [0.3, 0.4) is 0 Å². The topological polar surface area (TPSA) is 26.3 Å². The van der Waals surface area contributed by atoms with Gasteiger partial charge in [0.15, 0.2) is 0 Å². The van der Waals surface area contributed by atoms with Crippen LogP contribution in [-0.2, 0) is 9.53 Å². The zero-order chi connectivity index (χ0) is 9.78. The molecule has 0 aliphatic heterocycles. The van der Waals surface area contributed by atoms with Gasteiger partial charge in [0.2, 0.25) is 0 Å². The van der Waals surface area contributed by atoms with Gasteiger partial charge in [0.1, 0.15) is 6.10 Å². The fraction of sp³-hybridized carbons (Fsp3) is 0.700. The van der Waals surface area contributed by atoms with Gasteiger partial charge >= 0.3 is 5.97 Å². The largest absolute Gasteiger partial charge is 0.458 e. The Hall–Kier alpha value is -0.790. The molecule has 0 bridgehead atoms. The molecule has 0 aliphatic rings. The monoisotopic (exact) mass is 170 g/mol. The van der Waals surface area contributed by atoms with Crippen molar-refractivity contribution in [2.75, 3.05) is 0 Å². The highest BCUT2D eigenvalue weighted by atomic mass is 16.5. The summed E-state index contributed by atoms with van der Waals surface area (Å²) in [6.45, 7) is 9.29. The number of carbonyl (C=O) groups is 1. The summed E-state index contributed by atoms with van der Waals surface area (Å²) < 4.78 is 5.13. The molecule has 0 radical (unpaired) electrons. The third kappa shape index (κ3) is 4.16. The van der Waals surface area contributed by atoms with Gasteiger partial charge < -0.3 is 4.74 Å². The highest BCUT2D eigenvalue weighted by Gasteiger charge is 2.23. The predicted octanol–water partition coefficient (Wildman–Crippen LogP) is 2.54. The average Bonchev–Trinajstić information content (AvgIpc) is 1.85. The van der Waals surface area contributed by atoms with Crippen LogP contribution in [0.25, 0.3) is 0 Å². The van der Waals surface area contributed by atoms with E-state index in [-0.39, 0.29) is 12.1 Å². The van der Waals surface area contributed by atoms with Crippen LogP contribution in [0.5, 0.6) is 0 Å². The van der Waals surface area contributed by atoms with Gasteiger partial charge in [-0.25, -0.2) is 0 Å². The van der Waals surface area contributed by atoms with Crippen molar-refractivity contribution in [3.63, 3.8) is 0 Å². The molecule has 2 nitrogen and oxygen atoms in total. The lowest BCUT2D eigenvalue weighted by Crippen LogP contribution is -2.26. The van der Waals surface area contributed by atoms with Crippen LogP contribution in [0.2, 0.25) is 0 Å². The van der Waals surface area contributed by atoms with Gasteiger partial charge in [0.25, 0.3) is 0 Å². The van der Waals surface area contributed by atoms with Gasteiger partial charge in [-0.3, -0.25) is 4.79 Å². The molecule has 1 atom stereocenters. The first-order chi connectivity index (χ1) is 5.38. The van der Waals surface area contributed by atoms with E-state index in [4.69, 9.17) is 4.74 Å². The Morgan fingerprint density at radius 3 is 2.25 bits per heavy atom. The Kier molecular flexibility index (Phi) is 4.01. The fourth-order valence-corrected chi connectivity index (χ4v) is 0.656. The first-order valence-corrected chi connectivity index (χ1v) is 4.22. The van der Waals surface area contributed by atoms with Gasteiger partial charge in [-0.05, 0) is 40.7 Å². The quantitative estimate of drug-likeness (QED) is 0.470. The summed E-state index contributed by atoms with van der Waals surface area (Å²) in [5, 5.41) is 0. The molecule has 0 aromatic carbocycles. The summed E-state index contributed by atoms with van der Waals surface area (Å²) in [5.74, 6) is -0.159. The standard InChI is InChI=1S/C10H18O2/c1-6-7-8(2)12-9(11)10(3,4)5/h6-8H,1-5H3/b7-6+/t8-/m0/s1. The number of carbonyl (C=O) groups excluding carboxylic acids is 1. The van der Waals surface area contributed by atoms with Gasteiger partial charge in [-0.15, -0.1) is 0 Å². The molecule has 12 heavy (non-hydrogen) atoms. The minimum atomic E-state index is -0.407. The minimum absolute atomic E-state index is 0.123. The Morgan fingerprint density at radius 2 is 1.92 bits per heavy atom. The molecule has 0 N–H and O–H groups in total. The summed E-state index contributed by atoms with van der Waals surface area (Å²) in [6.07, 6.45) is 3.60.